The van der Waals surface area contributed by atoms with Crippen molar-refractivity contribution in [2.45, 2.75) is 26.5 Å². The molecular weight excluding hydrogens is 342 g/mol. The summed E-state index contributed by atoms with van der Waals surface area (Å²) < 4.78 is 12.0. The van der Waals surface area contributed by atoms with Crippen molar-refractivity contribution in [3.63, 3.8) is 0 Å². The van der Waals surface area contributed by atoms with E-state index in [1.807, 2.05) is 31.2 Å². The van der Waals surface area contributed by atoms with E-state index in [4.69, 9.17) is 9.47 Å². The molecule has 0 fully saturated rings. The fraction of sp³-hybridized carbons (Fsp3) is 0.312. The van der Waals surface area contributed by atoms with Gasteiger partial charge in [-0.15, -0.1) is 16.4 Å². The van der Waals surface area contributed by atoms with Crippen molar-refractivity contribution in [3.05, 3.63) is 41.2 Å². The number of carbonyl (C=O) groups is 1. The third kappa shape index (κ3) is 4.00. The smallest absolute Gasteiger partial charge is 0.358 e. The molecule has 3 rings (SSSR count). The maximum absolute atomic E-state index is 12.2. The van der Waals surface area contributed by atoms with Crippen molar-refractivity contribution in [2.75, 3.05) is 7.11 Å². The van der Waals surface area contributed by atoms with E-state index in [0.29, 0.717) is 12.4 Å². The van der Waals surface area contributed by atoms with Crippen molar-refractivity contribution in [3.8, 4) is 16.3 Å². The molecule has 3 aromatic rings. The SMILES string of the molecule is CCCn1nnnc1COC(=O)c1csc(-c2ccc(OC)cc2)n1. The normalized spacial score (nSPS) is 10.6. The van der Waals surface area contributed by atoms with Gasteiger partial charge < -0.3 is 9.47 Å². The second-order valence-corrected chi connectivity index (χ2v) is 6.02. The molecule has 1 aromatic carbocycles. The Morgan fingerprint density at radius 2 is 2.08 bits per heavy atom. The highest BCUT2D eigenvalue weighted by atomic mass is 32.1. The van der Waals surface area contributed by atoms with Crippen LogP contribution in [-0.2, 0) is 17.9 Å². The first-order chi connectivity index (χ1) is 12.2. The van der Waals surface area contributed by atoms with Gasteiger partial charge in [-0.1, -0.05) is 6.92 Å². The average Bonchev–Trinajstić information content (AvgIpc) is 3.30. The number of thiazole rings is 1. The Balaban J connectivity index is 1.65. The molecule has 25 heavy (non-hydrogen) atoms. The molecule has 8 nitrogen and oxygen atoms in total. The zero-order chi connectivity index (χ0) is 17.6. The van der Waals surface area contributed by atoms with E-state index >= 15 is 0 Å². The third-order valence-corrected chi connectivity index (χ3v) is 4.32. The number of nitrogens with zero attached hydrogens (tertiary/aromatic N) is 5. The van der Waals surface area contributed by atoms with Crippen LogP contribution in [0, 0.1) is 0 Å². The maximum atomic E-state index is 12.2. The number of aromatic nitrogens is 5. The molecule has 0 bridgehead atoms. The van der Waals surface area contributed by atoms with Crippen LogP contribution in [0.4, 0.5) is 0 Å². The minimum atomic E-state index is -0.498. The Labute approximate surface area is 148 Å². The standard InChI is InChI=1S/C16H17N5O3S/c1-3-8-21-14(18-19-20-21)9-24-16(22)13-10-25-15(17-13)11-4-6-12(23-2)7-5-11/h4-7,10H,3,8-9H2,1-2H3. The quantitative estimate of drug-likeness (QED) is 0.599. The minimum absolute atomic E-state index is 0.0151. The molecule has 0 aliphatic carbocycles. The molecule has 0 radical (unpaired) electrons. The molecule has 0 saturated heterocycles. The molecular formula is C16H17N5O3S. The van der Waals surface area contributed by atoms with Crippen LogP contribution in [0.2, 0.25) is 0 Å². The second kappa shape index (κ2) is 7.84. The summed E-state index contributed by atoms with van der Waals surface area (Å²) in [6.45, 7) is 2.72. The van der Waals surface area contributed by atoms with E-state index in [1.165, 1.54) is 11.3 Å². The van der Waals surface area contributed by atoms with Crippen molar-refractivity contribution in [2.24, 2.45) is 0 Å². The molecule has 0 N–H and O–H groups in total. The molecule has 2 aromatic heterocycles. The van der Waals surface area contributed by atoms with Gasteiger partial charge in [0.2, 0.25) is 0 Å². The minimum Gasteiger partial charge on any atom is -0.497 e. The van der Waals surface area contributed by atoms with Crippen LogP contribution >= 0.6 is 11.3 Å². The number of esters is 1. The van der Waals surface area contributed by atoms with Gasteiger partial charge in [0.15, 0.2) is 18.1 Å². The lowest BCUT2D eigenvalue weighted by molar-refractivity contribution is 0.0450. The molecule has 0 aliphatic rings. The van der Waals surface area contributed by atoms with Gasteiger partial charge in [-0.05, 0) is 41.1 Å². The summed E-state index contributed by atoms with van der Waals surface area (Å²) in [5.41, 5.74) is 1.18. The Morgan fingerprint density at radius 3 is 2.80 bits per heavy atom. The number of tetrazole rings is 1. The van der Waals surface area contributed by atoms with E-state index in [-0.39, 0.29) is 12.3 Å². The van der Waals surface area contributed by atoms with Gasteiger partial charge in [-0.2, -0.15) is 0 Å². The van der Waals surface area contributed by atoms with Gasteiger partial charge in [0.25, 0.3) is 0 Å². The van der Waals surface area contributed by atoms with Crippen molar-refractivity contribution < 1.29 is 14.3 Å². The first-order valence-electron chi connectivity index (χ1n) is 7.73. The lowest BCUT2D eigenvalue weighted by Gasteiger charge is -2.03. The summed E-state index contributed by atoms with van der Waals surface area (Å²) in [5, 5.41) is 13.7. The summed E-state index contributed by atoms with van der Waals surface area (Å²) in [4.78, 5) is 16.5. The third-order valence-electron chi connectivity index (χ3n) is 3.42. The number of ether oxygens (including phenoxy) is 2. The second-order valence-electron chi connectivity index (χ2n) is 5.16. The zero-order valence-electron chi connectivity index (χ0n) is 13.9. The first-order valence-corrected chi connectivity index (χ1v) is 8.61. The molecule has 130 valence electrons. The molecule has 0 saturated carbocycles. The molecule has 0 aliphatic heterocycles. The molecule has 0 amide bonds. The zero-order valence-corrected chi connectivity index (χ0v) is 14.7. The highest BCUT2D eigenvalue weighted by Crippen LogP contribution is 2.26. The van der Waals surface area contributed by atoms with Gasteiger partial charge in [-0.25, -0.2) is 14.5 Å². The van der Waals surface area contributed by atoms with Crippen LogP contribution in [0.5, 0.6) is 5.75 Å². The Kier molecular flexibility index (Phi) is 5.34. The lowest BCUT2D eigenvalue weighted by atomic mass is 10.2. The Bertz CT molecular complexity index is 844. The fourth-order valence-corrected chi connectivity index (χ4v) is 2.95. The van der Waals surface area contributed by atoms with Crippen molar-refractivity contribution in [1.82, 2.24) is 25.2 Å². The van der Waals surface area contributed by atoms with Gasteiger partial charge in [0.1, 0.15) is 10.8 Å². The van der Waals surface area contributed by atoms with Crippen LogP contribution in [0.1, 0.15) is 29.7 Å². The summed E-state index contributed by atoms with van der Waals surface area (Å²) in [6.07, 6.45) is 0.892. The predicted octanol–water partition coefficient (Wildman–Crippen LogP) is 2.57. The van der Waals surface area contributed by atoms with Crippen LogP contribution in [0.25, 0.3) is 10.6 Å². The number of aryl methyl sites for hydroxylation is 1. The number of methoxy groups -OCH3 is 1. The van der Waals surface area contributed by atoms with Crippen molar-refractivity contribution in [1.29, 1.82) is 0 Å². The Morgan fingerprint density at radius 1 is 1.28 bits per heavy atom. The number of carbonyl (C=O) groups excluding carboxylic acids is 1. The molecule has 0 spiro atoms. The summed E-state index contributed by atoms with van der Waals surface area (Å²) in [6, 6.07) is 7.49. The van der Waals surface area contributed by atoms with Crippen LogP contribution in [-0.4, -0.2) is 38.3 Å². The van der Waals surface area contributed by atoms with E-state index in [1.54, 1.807) is 17.2 Å². The molecule has 9 heteroatoms. The fourth-order valence-electron chi connectivity index (χ4n) is 2.15. The maximum Gasteiger partial charge on any atom is 0.358 e. The summed E-state index contributed by atoms with van der Waals surface area (Å²) >= 11 is 1.38. The van der Waals surface area contributed by atoms with Gasteiger partial charge >= 0.3 is 5.97 Å². The average molecular weight is 359 g/mol. The van der Waals surface area contributed by atoms with Crippen molar-refractivity contribution >= 4 is 17.3 Å². The van der Waals surface area contributed by atoms with E-state index in [2.05, 4.69) is 20.5 Å². The van der Waals surface area contributed by atoms with Gasteiger partial charge in [-0.3, -0.25) is 0 Å². The number of benzene rings is 1. The monoisotopic (exact) mass is 359 g/mol. The predicted molar refractivity (Wildman–Crippen MR) is 91.3 cm³/mol. The Hall–Kier alpha value is -2.81. The summed E-state index contributed by atoms with van der Waals surface area (Å²) in [5.74, 6) is 0.785. The van der Waals surface area contributed by atoms with Crippen LogP contribution in [0.15, 0.2) is 29.6 Å². The van der Waals surface area contributed by atoms with Crippen LogP contribution < -0.4 is 4.74 Å². The van der Waals surface area contributed by atoms with Crippen LogP contribution in [0.3, 0.4) is 0 Å². The van der Waals surface area contributed by atoms with E-state index < -0.39 is 5.97 Å². The van der Waals surface area contributed by atoms with Gasteiger partial charge in [0.05, 0.1) is 7.11 Å². The van der Waals surface area contributed by atoms with E-state index in [0.717, 1.165) is 22.7 Å². The molecule has 0 atom stereocenters. The lowest BCUT2D eigenvalue weighted by Crippen LogP contribution is -2.11. The summed E-state index contributed by atoms with van der Waals surface area (Å²) in [7, 11) is 1.61. The number of hydrogen-bond acceptors (Lipinski definition) is 8. The largest absolute Gasteiger partial charge is 0.497 e. The molecule has 0 unspecified atom stereocenters. The van der Waals surface area contributed by atoms with E-state index in [9.17, 15) is 4.79 Å². The number of rotatable bonds is 7. The molecule has 2 heterocycles. The topological polar surface area (TPSA) is 92.0 Å². The highest BCUT2D eigenvalue weighted by molar-refractivity contribution is 7.13. The number of hydrogen-bond donors (Lipinski definition) is 0. The highest BCUT2D eigenvalue weighted by Gasteiger charge is 2.15. The first kappa shape index (κ1) is 17.0. The van der Waals surface area contributed by atoms with Gasteiger partial charge in [0, 0.05) is 17.5 Å².